The van der Waals surface area contributed by atoms with Crippen LogP contribution in [0.25, 0.3) is 60.7 Å². The van der Waals surface area contributed by atoms with Crippen LogP contribution in [0.1, 0.15) is 50.7 Å². The molecular formula is C43H40N8S3. The Morgan fingerprint density at radius 1 is 0.870 bits per heavy atom. The fourth-order valence-corrected chi connectivity index (χ4v) is 8.60. The molecule has 6 aromatic heterocycles. The van der Waals surface area contributed by atoms with Crippen LogP contribution in [0, 0.1) is 16.0 Å². The number of benzene rings is 1. The Bertz CT molecular complexity index is 2450. The molecular weight excluding hydrogens is 725 g/mol. The van der Waals surface area contributed by atoms with E-state index < -0.39 is 0 Å². The van der Waals surface area contributed by atoms with Gasteiger partial charge < -0.3 is 16.5 Å². The van der Waals surface area contributed by atoms with E-state index in [0.717, 1.165) is 102 Å². The van der Waals surface area contributed by atoms with E-state index in [1.807, 2.05) is 97.1 Å². The molecule has 0 saturated carbocycles. The Hall–Kier alpha value is -5.67. The number of nitrogens with two attached hydrogens (primary N) is 2. The number of nitriles is 1. The van der Waals surface area contributed by atoms with Gasteiger partial charge in [0.1, 0.15) is 9.47 Å². The van der Waals surface area contributed by atoms with Crippen LogP contribution in [0.15, 0.2) is 120 Å². The predicted molar refractivity (Wildman–Crippen MR) is 228 cm³/mol. The van der Waals surface area contributed by atoms with Gasteiger partial charge in [-0.1, -0.05) is 63.2 Å². The quantitative estimate of drug-likeness (QED) is 0.0666. The van der Waals surface area contributed by atoms with Crippen LogP contribution in [0.3, 0.4) is 0 Å². The fraction of sp³-hybridized carbons (Fsp3) is 0.163. The van der Waals surface area contributed by atoms with E-state index in [4.69, 9.17) is 33.9 Å². The first-order chi connectivity index (χ1) is 26.4. The number of hydrogen-bond acceptors (Lipinski definition) is 10. The maximum atomic E-state index is 9.13. The van der Waals surface area contributed by atoms with E-state index >= 15 is 0 Å². The smallest absolute Gasteiger partial charge is 0.127 e. The van der Waals surface area contributed by atoms with Crippen LogP contribution < -0.4 is 11.5 Å². The van der Waals surface area contributed by atoms with Crippen molar-refractivity contribution < 1.29 is 0 Å². The van der Waals surface area contributed by atoms with Crippen molar-refractivity contribution in [1.82, 2.24) is 24.9 Å². The Morgan fingerprint density at radius 3 is 2.15 bits per heavy atom. The van der Waals surface area contributed by atoms with Crippen LogP contribution in [0.2, 0.25) is 0 Å². The zero-order chi connectivity index (χ0) is 37.9. The van der Waals surface area contributed by atoms with Gasteiger partial charge in [0, 0.05) is 76.2 Å². The number of aromatic nitrogens is 5. The SMILES string of the molecule is CCC/C=C(\N)c1c(-c2cccnc2)cc(-c2cccnc2)[nH]c1=S.CCCCSc1sc2nc(-c3cccnc3)cc(-c3ccc(C#N)cc3)c2c1N. The van der Waals surface area contributed by atoms with E-state index in [-0.39, 0.29) is 0 Å². The first kappa shape index (κ1) is 38.1. The second kappa shape index (κ2) is 18.4. The van der Waals surface area contributed by atoms with Gasteiger partial charge in [0.05, 0.1) is 27.2 Å². The van der Waals surface area contributed by atoms with E-state index in [1.54, 1.807) is 29.9 Å². The summed E-state index contributed by atoms with van der Waals surface area (Å²) in [6.45, 7) is 4.32. The van der Waals surface area contributed by atoms with Crippen LogP contribution in [-0.4, -0.2) is 30.7 Å². The van der Waals surface area contributed by atoms with Crippen LogP contribution >= 0.6 is 35.3 Å². The maximum absolute atomic E-state index is 9.13. The monoisotopic (exact) mass is 764 g/mol. The molecule has 5 N–H and O–H groups in total. The van der Waals surface area contributed by atoms with E-state index in [2.05, 4.69) is 52.0 Å². The number of unbranched alkanes of at least 4 members (excludes halogenated alkanes) is 2. The third kappa shape index (κ3) is 8.92. The highest BCUT2D eigenvalue weighted by Gasteiger charge is 2.18. The molecule has 7 rings (SSSR count). The molecule has 0 saturated heterocycles. The van der Waals surface area contributed by atoms with Gasteiger partial charge in [-0.05, 0) is 89.9 Å². The summed E-state index contributed by atoms with van der Waals surface area (Å²) in [5.41, 5.74) is 23.7. The van der Waals surface area contributed by atoms with E-state index in [0.29, 0.717) is 15.9 Å². The van der Waals surface area contributed by atoms with Crippen LogP contribution in [-0.2, 0) is 0 Å². The van der Waals surface area contributed by atoms with Gasteiger partial charge in [0.15, 0.2) is 0 Å². The third-order valence-corrected chi connectivity index (χ3v) is 11.4. The van der Waals surface area contributed by atoms with Crippen molar-refractivity contribution in [1.29, 1.82) is 5.26 Å². The molecule has 0 aliphatic rings. The molecule has 0 aliphatic heterocycles. The molecule has 0 fully saturated rings. The molecule has 0 bridgehead atoms. The number of thiophene rings is 1. The molecule has 0 atom stereocenters. The van der Waals surface area contributed by atoms with E-state index in [1.165, 1.54) is 0 Å². The summed E-state index contributed by atoms with van der Waals surface area (Å²) in [7, 11) is 0. The van der Waals surface area contributed by atoms with Crippen LogP contribution in [0.4, 0.5) is 5.69 Å². The summed E-state index contributed by atoms with van der Waals surface area (Å²) < 4.78 is 1.74. The minimum Gasteiger partial charge on any atom is -0.398 e. The van der Waals surface area contributed by atoms with Gasteiger partial charge in [0.2, 0.25) is 0 Å². The highest BCUT2D eigenvalue weighted by molar-refractivity contribution is 8.01. The van der Waals surface area contributed by atoms with Crippen molar-refractivity contribution >= 4 is 56.9 Å². The largest absolute Gasteiger partial charge is 0.398 e. The second-order valence-corrected chi connectivity index (χ2v) is 15.2. The number of aromatic amines is 1. The molecule has 6 heterocycles. The Morgan fingerprint density at radius 2 is 1.54 bits per heavy atom. The zero-order valence-corrected chi connectivity index (χ0v) is 32.6. The lowest BCUT2D eigenvalue weighted by atomic mass is 9.98. The number of fused-ring (bicyclic) bond motifs is 1. The number of nitrogens with one attached hydrogen (secondary N) is 1. The third-order valence-electron chi connectivity index (χ3n) is 8.60. The van der Waals surface area contributed by atoms with Crippen molar-refractivity contribution in [3.05, 3.63) is 132 Å². The minimum atomic E-state index is 0.616. The highest BCUT2D eigenvalue weighted by atomic mass is 32.2. The topological polar surface area (TPSA) is 143 Å². The second-order valence-electron chi connectivity index (χ2n) is 12.4. The average molecular weight is 765 g/mol. The molecule has 54 heavy (non-hydrogen) atoms. The molecule has 0 aliphatic carbocycles. The van der Waals surface area contributed by atoms with Gasteiger partial charge in [-0.25, -0.2) is 4.98 Å². The predicted octanol–water partition coefficient (Wildman–Crippen LogP) is 11.3. The summed E-state index contributed by atoms with van der Waals surface area (Å²) in [4.78, 5) is 21.8. The molecule has 270 valence electrons. The van der Waals surface area contributed by atoms with Crippen LogP contribution in [0.5, 0.6) is 0 Å². The number of thioether (sulfide) groups is 1. The molecule has 11 heteroatoms. The molecule has 1 aromatic carbocycles. The van der Waals surface area contributed by atoms with Gasteiger partial charge in [0.25, 0.3) is 0 Å². The standard InChI is InChI=1S/C23H20N4S2.C20H20N4S/c1-2-3-11-28-23-21(25)20-18(16-8-6-15(13-24)7-9-16)12-19(27-22(20)29-23)17-5-4-10-26-14-17;1-2-3-8-17(21)19-16(14-6-4-9-22-12-14)11-18(24-20(19)25)15-7-5-10-23-13-15/h4-10,12,14H,2-3,11,25H2,1H3;4-13H,2-3,21H2,1H3,(H,24,25)/b;17-8-. The number of hydrogen-bond donors (Lipinski definition) is 3. The Balaban J connectivity index is 0.000000186. The molecule has 0 unspecified atom stereocenters. The number of H-pyrrole nitrogens is 1. The van der Waals surface area contributed by atoms with Crippen molar-refractivity contribution in [2.45, 2.75) is 43.7 Å². The molecule has 0 spiro atoms. The lowest BCUT2D eigenvalue weighted by molar-refractivity contribution is 0.897. The number of nitrogens with zero attached hydrogens (tertiary/aromatic N) is 5. The lowest BCUT2D eigenvalue weighted by Crippen LogP contribution is -2.03. The van der Waals surface area contributed by atoms with Crippen molar-refractivity contribution in [3.63, 3.8) is 0 Å². The molecule has 0 radical (unpaired) electrons. The zero-order valence-electron chi connectivity index (χ0n) is 30.1. The lowest BCUT2D eigenvalue weighted by Gasteiger charge is -2.13. The van der Waals surface area contributed by atoms with Crippen molar-refractivity contribution in [3.8, 4) is 50.8 Å². The van der Waals surface area contributed by atoms with Gasteiger partial charge >= 0.3 is 0 Å². The normalized spacial score (nSPS) is 11.2. The van der Waals surface area contributed by atoms with Gasteiger partial charge in [-0.3, -0.25) is 15.0 Å². The van der Waals surface area contributed by atoms with Gasteiger partial charge in [-0.15, -0.1) is 23.1 Å². The Labute approximate surface area is 329 Å². The maximum Gasteiger partial charge on any atom is 0.127 e. The molecule has 0 amide bonds. The fourth-order valence-electron chi connectivity index (χ4n) is 5.81. The van der Waals surface area contributed by atoms with E-state index in [9.17, 15) is 0 Å². The number of anilines is 1. The Kier molecular flexibility index (Phi) is 13.0. The number of rotatable bonds is 11. The number of pyridine rings is 5. The summed E-state index contributed by atoms with van der Waals surface area (Å²) in [6.07, 6.45) is 17.0. The first-order valence-electron chi connectivity index (χ1n) is 17.7. The summed E-state index contributed by atoms with van der Waals surface area (Å²) in [6, 6.07) is 25.7. The van der Waals surface area contributed by atoms with Crippen molar-refractivity contribution in [2.24, 2.45) is 5.73 Å². The molecule has 8 nitrogen and oxygen atoms in total. The highest BCUT2D eigenvalue weighted by Crippen LogP contribution is 2.45. The first-order valence-corrected chi connectivity index (χ1v) is 19.9. The number of nitrogen functional groups attached to an aromatic ring is 1. The summed E-state index contributed by atoms with van der Waals surface area (Å²) in [5, 5.41) is 10.1. The number of allylic oxidation sites excluding steroid dienone is 1. The van der Waals surface area contributed by atoms with Gasteiger partial charge in [-0.2, -0.15) is 5.26 Å². The summed E-state index contributed by atoms with van der Waals surface area (Å²) in [5.74, 6) is 1.05. The average Bonchev–Trinajstić information content (AvgIpc) is 3.55. The summed E-state index contributed by atoms with van der Waals surface area (Å²) >= 11 is 9.10. The van der Waals surface area contributed by atoms with Crippen molar-refractivity contribution in [2.75, 3.05) is 11.5 Å². The minimum absolute atomic E-state index is 0.616. The molecule has 7 aromatic rings.